The van der Waals surface area contributed by atoms with Crippen LogP contribution in [0.15, 0.2) is 65.9 Å². The lowest BCUT2D eigenvalue weighted by molar-refractivity contribution is -0.130. The lowest BCUT2D eigenvalue weighted by Crippen LogP contribution is -2.34. The molecule has 182 valence electrons. The van der Waals surface area contributed by atoms with Crippen LogP contribution in [0.5, 0.6) is 5.75 Å². The van der Waals surface area contributed by atoms with Crippen molar-refractivity contribution in [1.29, 1.82) is 0 Å². The highest BCUT2D eigenvalue weighted by atomic mass is 32.1. The summed E-state index contributed by atoms with van der Waals surface area (Å²) in [7, 11) is 1.54. The van der Waals surface area contributed by atoms with Crippen LogP contribution in [-0.2, 0) is 9.53 Å². The summed E-state index contributed by atoms with van der Waals surface area (Å²) in [4.78, 5) is 33.3. The Hall–Kier alpha value is -3.49. The molecule has 1 N–H and O–H groups in total. The zero-order valence-electron chi connectivity index (χ0n) is 20.0. The number of amides is 1. The van der Waals surface area contributed by atoms with Gasteiger partial charge >= 0.3 is 0 Å². The van der Waals surface area contributed by atoms with E-state index in [2.05, 4.69) is 4.98 Å². The zero-order valence-corrected chi connectivity index (χ0v) is 20.8. The highest BCUT2D eigenvalue weighted by molar-refractivity contribution is 7.17. The third-order valence-electron chi connectivity index (χ3n) is 5.78. The monoisotopic (exact) mass is 492 g/mol. The van der Waals surface area contributed by atoms with Gasteiger partial charge in [-0.2, -0.15) is 0 Å². The van der Waals surface area contributed by atoms with Crippen molar-refractivity contribution in [2.45, 2.75) is 26.3 Å². The summed E-state index contributed by atoms with van der Waals surface area (Å²) in [6, 6.07) is 16.1. The highest BCUT2D eigenvalue weighted by Crippen LogP contribution is 2.41. The van der Waals surface area contributed by atoms with E-state index in [9.17, 15) is 14.7 Å². The number of Topliss-reactive ketones (excluding diaryl/α,β-unsaturated/α-hetero) is 1. The molecule has 0 fully saturated rings. The third kappa shape index (κ3) is 4.99. The Morgan fingerprint density at radius 3 is 2.49 bits per heavy atom. The quantitative estimate of drug-likeness (QED) is 0.395. The van der Waals surface area contributed by atoms with Crippen LogP contribution in [0.1, 0.15) is 40.3 Å². The minimum atomic E-state index is -0.743. The zero-order chi connectivity index (χ0) is 24.9. The smallest absolute Gasteiger partial charge is 0.290 e. The molecule has 1 unspecified atom stereocenters. The van der Waals surface area contributed by atoms with Crippen LogP contribution < -0.4 is 4.74 Å². The predicted octanol–water partition coefficient (Wildman–Crippen LogP) is 5.13. The lowest BCUT2D eigenvalue weighted by Gasteiger charge is -2.26. The van der Waals surface area contributed by atoms with Gasteiger partial charge in [-0.15, -0.1) is 11.3 Å². The van der Waals surface area contributed by atoms with Crippen molar-refractivity contribution in [1.82, 2.24) is 9.88 Å². The molecular formula is C27H28N2O5S. The summed E-state index contributed by atoms with van der Waals surface area (Å²) >= 11 is 1.26. The Morgan fingerprint density at radius 1 is 1.11 bits per heavy atom. The summed E-state index contributed by atoms with van der Waals surface area (Å²) in [5.41, 5.74) is 2.22. The van der Waals surface area contributed by atoms with Crippen LogP contribution in [0.4, 0.5) is 0 Å². The van der Waals surface area contributed by atoms with Gasteiger partial charge in [0, 0.05) is 19.2 Å². The molecule has 0 radical (unpaired) electrons. The van der Waals surface area contributed by atoms with Crippen molar-refractivity contribution >= 4 is 23.0 Å². The molecule has 0 saturated carbocycles. The molecule has 1 aliphatic heterocycles. The van der Waals surface area contributed by atoms with E-state index in [0.717, 1.165) is 12.0 Å². The first-order chi connectivity index (χ1) is 17.0. The molecule has 1 aliphatic rings. The van der Waals surface area contributed by atoms with E-state index < -0.39 is 23.5 Å². The number of carbonyl (C=O) groups excluding carboxylic acids is 2. The van der Waals surface area contributed by atoms with Crippen molar-refractivity contribution in [2.75, 3.05) is 26.9 Å². The number of thiazole rings is 1. The van der Waals surface area contributed by atoms with Gasteiger partial charge in [-0.1, -0.05) is 49.4 Å². The SMILES string of the molecule is CCCOc1ccc(C2C(C(=O)c3sc(-c4ccccc4)nc3C)=C(O)C(=O)N2CCOC)cc1. The first kappa shape index (κ1) is 24.6. The lowest BCUT2D eigenvalue weighted by atomic mass is 9.95. The fraction of sp³-hybridized carbons (Fsp3) is 0.296. The summed E-state index contributed by atoms with van der Waals surface area (Å²) < 4.78 is 10.9. The van der Waals surface area contributed by atoms with E-state index in [0.29, 0.717) is 33.5 Å². The number of aryl methyl sites for hydroxylation is 1. The molecule has 8 heteroatoms. The van der Waals surface area contributed by atoms with Gasteiger partial charge in [0.05, 0.1) is 35.4 Å². The second kappa shape index (κ2) is 10.8. The Bertz CT molecular complexity index is 1230. The summed E-state index contributed by atoms with van der Waals surface area (Å²) in [5, 5.41) is 11.6. The molecule has 0 saturated heterocycles. The van der Waals surface area contributed by atoms with Gasteiger partial charge in [-0.05, 0) is 31.0 Å². The minimum absolute atomic E-state index is 0.0553. The van der Waals surface area contributed by atoms with E-state index >= 15 is 0 Å². The maximum Gasteiger partial charge on any atom is 0.290 e. The molecule has 4 rings (SSSR count). The number of benzene rings is 2. The van der Waals surface area contributed by atoms with Gasteiger partial charge in [0.25, 0.3) is 5.91 Å². The van der Waals surface area contributed by atoms with Gasteiger partial charge in [-0.3, -0.25) is 9.59 Å². The van der Waals surface area contributed by atoms with Gasteiger partial charge in [0.1, 0.15) is 10.8 Å². The molecule has 7 nitrogen and oxygen atoms in total. The number of hydrogen-bond acceptors (Lipinski definition) is 7. The van der Waals surface area contributed by atoms with Crippen LogP contribution >= 0.6 is 11.3 Å². The number of hydrogen-bond donors (Lipinski definition) is 1. The molecule has 0 spiro atoms. The molecule has 1 atom stereocenters. The number of ketones is 1. The van der Waals surface area contributed by atoms with Crippen LogP contribution in [-0.4, -0.2) is 53.5 Å². The normalized spacial score (nSPS) is 15.7. The number of ether oxygens (including phenoxy) is 2. The van der Waals surface area contributed by atoms with E-state index in [1.54, 1.807) is 14.0 Å². The fourth-order valence-corrected chi connectivity index (χ4v) is 5.08. The number of carbonyl (C=O) groups is 2. The van der Waals surface area contributed by atoms with E-state index in [1.807, 2.05) is 61.5 Å². The molecule has 2 heterocycles. The Morgan fingerprint density at radius 2 is 1.83 bits per heavy atom. The van der Waals surface area contributed by atoms with Crippen LogP contribution in [0.2, 0.25) is 0 Å². The largest absolute Gasteiger partial charge is 0.503 e. The topological polar surface area (TPSA) is 89.0 Å². The van der Waals surface area contributed by atoms with Crippen molar-refractivity contribution in [2.24, 2.45) is 0 Å². The number of nitrogens with zero attached hydrogens (tertiary/aromatic N) is 2. The molecule has 2 aromatic carbocycles. The van der Waals surface area contributed by atoms with Crippen LogP contribution in [0, 0.1) is 6.92 Å². The van der Waals surface area contributed by atoms with Gasteiger partial charge in [-0.25, -0.2) is 4.98 Å². The maximum absolute atomic E-state index is 13.8. The van der Waals surface area contributed by atoms with Crippen molar-refractivity contribution in [3.8, 4) is 16.3 Å². The molecule has 1 amide bonds. The van der Waals surface area contributed by atoms with Crippen LogP contribution in [0.25, 0.3) is 10.6 Å². The van der Waals surface area contributed by atoms with Gasteiger partial charge < -0.3 is 19.5 Å². The molecule has 0 bridgehead atoms. The standard InChI is InChI=1S/C27H28N2O5S/c1-4-15-34-20-12-10-18(11-13-20)22-21(24(31)27(32)29(22)14-16-33-3)23(30)25-17(2)28-26(35-25)19-8-6-5-7-9-19/h5-13,22,31H,4,14-16H2,1-3H3. The number of aromatic nitrogens is 1. The maximum atomic E-state index is 13.8. The molecule has 1 aromatic heterocycles. The molecule has 35 heavy (non-hydrogen) atoms. The average Bonchev–Trinajstić information content (AvgIpc) is 3.39. The highest BCUT2D eigenvalue weighted by Gasteiger charge is 2.44. The number of methoxy groups -OCH3 is 1. The fourth-order valence-electron chi connectivity index (χ4n) is 4.05. The predicted molar refractivity (Wildman–Crippen MR) is 135 cm³/mol. The number of rotatable bonds is 10. The first-order valence-electron chi connectivity index (χ1n) is 11.5. The van der Waals surface area contributed by atoms with Gasteiger partial charge in [0.15, 0.2) is 5.76 Å². The van der Waals surface area contributed by atoms with E-state index in [-0.39, 0.29) is 18.7 Å². The summed E-state index contributed by atoms with van der Waals surface area (Å²) in [6.07, 6.45) is 0.887. The van der Waals surface area contributed by atoms with Gasteiger partial charge in [0.2, 0.25) is 5.78 Å². The second-order valence-electron chi connectivity index (χ2n) is 8.20. The second-order valence-corrected chi connectivity index (χ2v) is 9.20. The molecule has 0 aliphatic carbocycles. The minimum Gasteiger partial charge on any atom is -0.503 e. The van der Waals surface area contributed by atoms with E-state index in [4.69, 9.17) is 9.47 Å². The van der Waals surface area contributed by atoms with Crippen molar-refractivity contribution in [3.63, 3.8) is 0 Å². The Kier molecular flexibility index (Phi) is 7.63. The van der Waals surface area contributed by atoms with Crippen LogP contribution in [0.3, 0.4) is 0 Å². The first-order valence-corrected chi connectivity index (χ1v) is 12.3. The summed E-state index contributed by atoms with van der Waals surface area (Å²) in [6.45, 7) is 4.89. The third-order valence-corrected chi connectivity index (χ3v) is 6.98. The average molecular weight is 493 g/mol. The van der Waals surface area contributed by atoms with Crippen molar-refractivity contribution < 1.29 is 24.2 Å². The molecule has 3 aromatic rings. The van der Waals surface area contributed by atoms with E-state index in [1.165, 1.54) is 16.2 Å². The Labute approximate surface area is 208 Å². The number of aliphatic hydroxyl groups excluding tert-OH is 1. The van der Waals surface area contributed by atoms with Crippen molar-refractivity contribution in [3.05, 3.63) is 82.1 Å². The summed E-state index contributed by atoms with van der Waals surface area (Å²) in [5.74, 6) is -0.817. The number of aliphatic hydroxyl groups is 1. The molecular weight excluding hydrogens is 464 g/mol. The Balaban J connectivity index is 1.73.